The van der Waals surface area contributed by atoms with Gasteiger partial charge in [-0.05, 0) is 18.1 Å². The summed E-state index contributed by atoms with van der Waals surface area (Å²) in [6.07, 6.45) is 2.94. The van der Waals surface area contributed by atoms with Crippen molar-refractivity contribution in [3.63, 3.8) is 0 Å². The Balaban J connectivity index is 1.78. The van der Waals surface area contributed by atoms with Crippen LogP contribution in [0.1, 0.15) is 35.7 Å². The lowest BCUT2D eigenvalue weighted by Gasteiger charge is -2.30. The number of morpholine rings is 1. The molecule has 1 fully saturated rings. The summed E-state index contributed by atoms with van der Waals surface area (Å²) in [5.74, 6) is -2.17. The van der Waals surface area contributed by atoms with E-state index in [1.54, 1.807) is 9.47 Å². The molecule has 1 aliphatic heterocycles. The van der Waals surface area contributed by atoms with Crippen molar-refractivity contribution in [2.45, 2.75) is 32.9 Å². The minimum Gasteiger partial charge on any atom is -0.378 e. The number of carbonyl (C=O) groups is 1. The number of aryl methyl sites for hydroxylation is 1. The zero-order valence-corrected chi connectivity index (χ0v) is 18.6. The van der Waals surface area contributed by atoms with Crippen LogP contribution in [0, 0.1) is 11.6 Å². The molecule has 3 aromatic rings. The molecular formula is C25H27F2N3O3. The quantitative estimate of drug-likeness (QED) is 0.588. The fourth-order valence-electron chi connectivity index (χ4n) is 4.09. The van der Waals surface area contributed by atoms with Gasteiger partial charge in [-0.25, -0.2) is 8.78 Å². The second kappa shape index (κ2) is 10.1. The normalized spacial score (nSPS) is 14.0. The van der Waals surface area contributed by atoms with Crippen molar-refractivity contribution in [1.82, 2.24) is 9.88 Å². The van der Waals surface area contributed by atoms with Crippen LogP contribution in [-0.2, 0) is 17.8 Å². The molecule has 0 bridgehead atoms. The van der Waals surface area contributed by atoms with E-state index >= 15 is 8.78 Å². The summed E-state index contributed by atoms with van der Waals surface area (Å²) < 4.78 is 37.6. The Morgan fingerprint density at radius 3 is 2.58 bits per heavy atom. The average Bonchev–Trinajstić information content (AvgIpc) is 2.83. The molecule has 1 N–H and O–H groups in total. The Morgan fingerprint density at radius 2 is 1.88 bits per heavy atom. The molecule has 2 heterocycles. The summed E-state index contributed by atoms with van der Waals surface area (Å²) in [4.78, 5) is 27.6. The van der Waals surface area contributed by atoms with Gasteiger partial charge in [0.2, 0.25) is 5.43 Å². The molecule has 0 unspecified atom stereocenters. The number of anilines is 1. The van der Waals surface area contributed by atoms with E-state index < -0.39 is 23.0 Å². The molecule has 1 aromatic heterocycles. The van der Waals surface area contributed by atoms with Gasteiger partial charge in [0.1, 0.15) is 17.1 Å². The number of pyridine rings is 1. The van der Waals surface area contributed by atoms with E-state index in [-0.39, 0.29) is 28.7 Å². The molecule has 1 saturated heterocycles. The summed E-state index contributed by atoms with van der Waals surface area (Å²) in [5.41, 5.74) is -0.0695. The fourth-order valence-corrected chi connectivity index (χ4v) is 4.09. The number of ether oxygens (including phenoxy) is 1. The van der Waals surface area contributed by atoms with Crippen molar-refractivity contribution in [2.75, 3.05) is 31.2 Å². The number of hydrogen-bond donors (Lipinski definition) is 1. The van der Waals surface area contributed by atoms with Crippen molar-refractivity contribution >= 4 is 22.5 Å². The molecule has 0 spiro atoms. The van der Waals surface area contributed by atoms with Crippen molar-refractivity contribution in [1.29, 1.82) is 0 Å². The van der Waals surface area contributed by atoms with Crippen molar-refractivity contribution in [3.05, 3.63) is 75.6 Å². The van der Waals surface area contributed by atoms with E-state index in [0.717, 1.165) is 18.1 Å². The number of unbranched alkanes of at least 4 members (excludes halogenated alkanes) is 1. The summed E-state index contributed by atoms with van der Waals surface area (Å²) in [5, 5.41) is 2.60. The maximum atomic E-state index is 15.7. The summed E-state index contributed by atoms with van der Waals surface area (Å²) in [7, 11) is 0. The first kappa shape index (κ1) is 22.9. The van der Waals surface area contributed by atoms with Gasteiger partial charge in [0.25, 0.3) is 5.91 Å². The largest absolute Gasteiger partial charge is 0.378 e. The lowest BCUT2D eigenvalue weighted by Crippen LogP contribution is -2.37. The average molecular weight is 456 g/mol. The number of benzene rings is 2. The van der Waals surface area contributed by atoms with Gasteiger partial charge in [0, 0.05) is 32.4 Å². The second-order valence-electron chi connectivity index (χ2n) is 8.10. The highest BCUT2D eigenvalue weighted by Gasteiger charge is 2.26. The smallest absolute Gasteiger partial charge is 0.257 e. The number of nitrogens with one attached hydrogen (secondary N) is 1. The highest BCUT2D eigenvalue weighted by atomic mass is 19.1. The number of aromatic nitrogens is 1. The van der Waals surface area contributed by atoms with Crippen LogP contribution >= 0.6 is 0 Å². The number of rotatable bonds is 7. The number of nitrogens with zero attached hydrogens (tertiary/aromatic N) is 2. The van der Waals surface area contributed by atoms with E-state index in [1.165, 1.54) is 6.20 Å². The third-order valence-corrected chi connectivity index (χ3v) is 5.85. The van der Waals surface area contributed by atoms with E-state index in [4.69, 9.17) is 4.74 Å². The number of halogens is 2. The van der Waals surface area contributed by atoms with Crippen molar-refractivity contribution < 1.29 is 18.3 Å². The first-order valence-electron chi connectivity index (χ1n) is 11.2. The van der Waals surface area contributed by atoms with Gasteiger partial charge in [-0.1, -0.05) is 43.7 Å². The van der Waals surface area contributed by atoms with E-state index in [9.17, 15) is 9.59 Å². The minimum absolute atomic E-state index is 0.0240. The number of amides is 1. The molecule has 4 rings (SSSR count). The lowest BCUT2D eigenvalue weighted by atomic mass is 10.1. The maximum Gasteiger partial charge on any atom is 0.257 e. The van der Waals surface area contributed by atoms with Gasteiger partial charge in [0.05, 0.1) is 24.1 Å². The van der Waals surface area contributed by atoms with Crippen LogP contribution in [0.4, 0.5) is 14.5 Å². The fraction of sp³-hybridized carbons (Fsp3) is 0.360. The summed E-state index contributed by atoms with van der Waals surface area (Å²) in [6.45, 7) is 4.10. The zero-order valence-electron chi connectivity index (χ0n) is 18.6. The molecule has 33 heavy (non-hydrogen) atoms. The van der Waals surface area contributed by atoms with Gasteiger partial charge in [-0.3, -0.25) is 9.59 Å². The molecule has 0 saturated carbocycles. The third-order valence-electron chi connectivity index (χ3n) is 5.85. The molecule has 1 aliphatic rings. The molecule has 0 radical (unpaired) electrons. The Hall–Kier alpha value is -3.26. The Kier molecular flexibility index (Phi) is 7.03. The standard InChI is InChI=1S/C25H27F2N3O3/c1-2-3-9-30-16-19(25(32)28-15-17-7-5-4-6-8-17)24(31)18-14-20(26)23(21(27)22(18)30)29-10-12-33-13-11-29/h4-8,14,16H,2-3,9-13,15H2,1H3,(H,28,32). The van der Waals surface area contributed by atoms with Crippen LogP contribution in [0.15, 0.2) is 47.4 Å². The van der Waals surface area contributed by atoms with E-state index in [1.807, 2.05) is 37.3 Å². The number of fused-ring (bicyclic) bond motifs is 1. The molecular weight excluding hydrogens is 428 g/mol. The maximum absolute atomic E-state index is 15.7. The highest BCUT2D eigenvalue weighted by molar-refractivity contribution is 5.98. The van der Waals surface area contributed by atoms with Crippen molar-refractivity contribution in [2.24, 2.45) is 0 Å². The first-order valence-corrected chi connectivity index (χ1v) is 11.2. The molecule has 0 aliphatic carbocycles. The molecule has 6 nitrogen and oxygen atoms in total. The predicted octanol–water partition coefficient (Wildman–Crippen LogP) is 3.85. The van der Waals surface area contributed by atoms with Crippen LogP contribution in [0.5, 0.6) is 0 Å². The first-order chi connectivity index (χ1) is 16.0. The lowest BCUT2D eigenvalue weighted by molar-refractivity contribution is 0.0949. The Bertz CT molecular complexity index is 1210. The minimum atomic E-state index is -0.817. The summed E-state index contributed by atoms with van der Waals surface area (Å²) >= 11 is 0. The van der Waals surface area contributed by atoms with Crippen molar-refractivity contribution in [3.8, 4) is 0 Å². The highest BCUT2D eigenvalue weighted by Crippen LogP contribution is 2.30. The Labute approximate surface area is 190 Å². The predicted molar refractivity (Wildman–Crippen MR) is 124 cm³/mol. The molecule has 0 atom stereocenters. The second-order valence-corrected chi connectivity index (χ2v) is 8.10. The van der Waals surface area contributed by atoms with Gasteiger partial charge in [0.15, 0.2) is 5.82 Å². The number of hydrogen-bond acceptors (Lipinski definition) is 4. The zero-order chi connectivity index (χ0) is 23.4. The van der Waals surface area contributed by atoms with E-state index in [0.29, 0.717) is 39.3 Å². The van der Waals surface area contributed by atoms with Crippen LogP contribution < -0.4 is 15.6 Å². The van der Waals surface area contributed by atoms with Gasteiger partial charge in [-0.2, -0.15) is 0 Å². The van der Waals surface area contributed by atoms with Gasteiger partial charge in [-0.15, -0.1) is 0 Å². The SMILES string of the molecule is CCCCn1cc(C(=O)NCc2ccccc2)c(=O)c2cc(F)c(N3CCOCC3)c(F)c21. The molecule has 174 valence electrons. The molecule has 2 aromatic carbocycles. The molecule has 1 amide bonds. The number of carbonyl (C=O) groups excluding carboxylic acids is 1. The van der Waals surface area contributed by atoms with Crippen LogP contribution in [-0.4, -0.2) is 36.8 Å². The van der Waals surface area contributed by atoms with Crippen LogP contribution in [0.25, 0.3) is 10.9 Å². The topological polar surface area (TPSA) is 63.6 Å². The third kappa shape index (κ3) is 4.75. The van der Waals surface area contributed by atoms with Crippen LogP contribution in [0.3, 0.4) is 0 Å². The van der Waals surface area contributed by atoms with Crippen LogP contribution in [0.2, 0.25) is 0 Å². The van der Waals surface area contributed by atoms with Gasteiger partial charge >= 0.3 is 0 Å². The summed E-state index contributed by atoms with van der Waals surface area (Å²) in [6, 6.07) is 10.4. The van der Waals surface area contributed by atoms with Gasteiger partial charge < -0.3 is 19.5 Å². The Morgan fingerprint density at radius 1 is 1.15 bits per heavy atom. The molecule has 8 heteroatoms. The van der Waals surface area contributed by atoms with E-state index in [2.05, 4.69) is 5.32 Å². The monoisotopic (exact) mass is 455 g/mol.